The molecule has 5 nitrogen and oxygen atoms in total. The Kier molecular flexibility index (Phi) is 3.48. The summed E-state index contributed by atoms with van der Waals surface area (Å²) in [5, 5.41) is 12.4. The highest BCUT2D eigenvalue weighted by molar-refractivity contribution is 5.60. The minimum atomic E-state index is -0.810. The van der Waals surface area contributed by atoms with E-state index in [4.69, 9.17) is 14.2 Å². The Hall–Kier alpha value is -1.14. The zero-order chi connectivity index (χ0) is 19.3. The summed E-state index contributed by atoms with van der Waals surface area (Å²) in [5.74, 6) is 0.981. The molecule has 5 heteroatoms. The van der Waals surface area contributed by atoms with Gasteiger partial charge in [-0.25, -0.2) is 0 Å². The number of hydrogen-bond acceptors (Lipinski definition) is 5. The fourth-order valence-electron chi connectivity index (χ4n) is 7.09. The fraction of sp³-hybridized carbons (Fsp3) is 0.739. The van der Waals surface area contributed by atoms with Crippen molar-refractivity contribution in [3.8, 4) is 5.75 Å². The topological polar surface area (TPSA) is 51.2 Å². The van der Waals surface area contributed by atoms with Gasteiger partial charge in [-0.2, -0.15) is 0 Å². The van der Waals surface area contributed by atoms with Gasteiger partial charge in [-0.15, -0.1) is 0 Å². The number of methoxy groups -OCH3 is 2. The Labute approximate surface area is 167 Å². The van der Waals surface area contributed by atoms with Crippen molar-refractivity contribution >= 4 is 0 Å². The molecule has 1 spiro atoms. The van der Waals surface area contributed by atoms with E-state index < -0.39 is 16.8 Å². The van der Waals surface area contributed by atoms with Gasteiger partial charge in [0.1, 0.15) is 5.75 Å². The van der Waals surface area contributed by atoms with Gasteiger partial charge < -0.3 is 19.3 Å². The molecule has 0 radical (unpaired) electrons. The maximum absolute atomic E-state index is 12.4. The van der Waals surface area contributed by atoms with Crippen molar-refractivity contribution in [2.75, 3.05) is 27.3 Å². The van der Waals surface area contributed by atoms with E-state index in [2.05, 4.69) is 24.0 Å². The van der Waals surface area contributed by atoms with Crippen molar-refractivity contribution in [1.82, 2.24) is 4.90 Å². The summed E-state index contributed by atoms with van der Waals surface area (Å²) >= 11 is 0. The van der Waals surface area contributed by atoms with E-state index >= 15 is 0 Å². The Morgan fingerprint density at radius 2 is 1.96 bits per heavy atom. The zero-order valence-corrected chi connectivity index (χ0v) is 17.2. The van der Waals surface area contributed by atoms with E-state index in [1.54, 1.807) is 14.2 Å². The van der Waals surface area contributed by atoms with Gasteiger partial charge in [-0.1, -0.05) is 12.1 Å². The van der Waals surface area contributed by atoms with E-state index in [0.29, 0.717) is 12.8 Å². The predicted octanol–water partition coefficient (Wildman–Crippen LogP) is 2.55. The SMILES string of the molecule is COC1(OC)CC[C@@]2(O)[C@H]3Cc4ccc(C)c5c4[C@@]2(CCN3CC2CC2)C1O5. The monoisotopic (exact) mass is 385 g/mol. The van der Waals surface area contributed by atoms with Crippen LogP contribution in [-0.4, -0.2) is 60.8 Å². The summed E-state index contributed by atoms with van der Waals surface area (Å²) in [6.45, 7) is 4.25. The van der Waals surface area contributed by atoms with Gasteiger partial charge in [0.25, 0.3) is 0 Å². The number of benzene rings is 1. The van der Waals surface area contributed by atoms with Gasteiger partial charge in [-0.3, -0.25) is 4.90 Å². The van der Waals surface area contributed by atoms with Crippen LogP contribution in [0.25, 0.3) is 0 Å². The molecule has 6 rings (SSSR count). The summed E-state index contributed by atoms with van der Waals surface area (Å²) in [5.41, 5.74) is 2.50. The Morgan fingerprint density at radius 3 is 2.68 bits per heavy atom. The molecule has 2 aliphatic heterocycles. The number of ether oxygens (including phenoxy) is 3. The summed E-state index contributed by atoms with van der Waals surface area (Å²) < 4.78 is 18.6. The lowest BCUT2D eigenvalue weighted by atomic mass is 9.48. The predicted molar refractivity (Wildman–Crippen MR) is 105 cm³/mol. The number of piperidine rings is 1. The average Bonchev–Trinajstić information content (AvgIpc) is 3.43. The molecule has 2 bridgehead atoms. The number of likely N-dealkylation sites (tertiary alicyclic amines) is 1. The van der Waals surface area contributed by atoms with Crippen molar-refractivity contribution in [1.29, 1.82) is 0 Å². The lowest BCUT2D eigenvalue weighted by Gasteiger charge is -2.65. The van der Waals surface area contributed by atoms with Crippen molar-refractivity contribution in [3.63, 3.8) is 0 Å². The molecular weight excluding hydrogens is 354 g/mol. The normalized spacial score (nSPS) is 40.1. The number of rotatable bonds is 4. The fourth-order valence-corrected chi connectivity index (χ4v) is 7.09. The number of hydrogen-bond donors (Lipinski definition) is 1. The number of aryl methyl sites for hydroxylation is 1. The van der Waals surface area contributed by atoms with Crippen molar-refractivity contribution in [2.45, 2.75) is 74.4 Å². The molecule has 3 aliphatic carbocycles. The molecular formula is C23H31NO4. The maximum atomic E-state index is 12.4. The first-order chi connectivity index (χ1) is 13.5. The summed E-state index contributed by atoms with van der Waals surface area (Å²) in [4.78, 5) is 2.59. The molecule has 28 heavy (non-hydrogen) atoms. The molecule has 4 atom stereocenters. The first-order valence-electron chi connectivity index (χ1n) is 10.9. The second-order valence-electron chi connectivity index (χ2n) is 9.77. The van der Waals surface area contributed by atoms with Crippen LogP contribution in [-0.2, 0) is 21.3 Å². The number of aliphatic hydroxyl groups is 1. The summed E-state index contributed by atoms with van der Waals surface area (Å²) in [7, 11) is 3.43. The molecule has 2 saturated carbocycles. The average molecular weight is 386 g/mol. The highest BCUT2D eigenvalue weighted by Gasteiger charge is 2.76. The van der Waals surface area contributed by atoms with E-state index in [1.165, 1.54) is 24.0 Å². The molecule has 1 saturated heterocycles. The Bertz CT molecular complexity index is 832. The molecule has 2 heterocycles. The van der Waals surface area contributed by atoms with Crippen molar-refractivity contribution in [3.05, 3.63) is 28.8 Å². The van der Waals surface area contributed by atoms with E-state index in [1.807, 2.05) is 0 Å². The minimum absolute atomic E-state index is 0.154. The van der Waals surface area contributed by atoms with E-state index in [0.717, 1.165) is 43.2 Å². The molecule has 1 unspecified atom stereocenters. The van der Waals surface area contributed by atoms with Crippen LogP contribution >= 0.6 is 0 Å². The van der Waals surface area contributed by atoms with Crippen LogP contribution in [0.4, 0.5) is 0 Å². The van der Waals surface area contributed by atoms with Gasteiger partial charge >= 0.3 is 0 Å². The van der Waals surface area contributed by atoms with Crippen LogP contribution in [0.1, 0.15) is 48.8 Å². The van der Waals surface area contributed by atoms with Crippen LogP contribution in [0.5, 0.6) is 5.75 Å². The molecule has 5 aliphatic rings. The molecule has 1 aromatic rings. The third kappa shape index (κ3) is 1.88. The smallest absolute Gasteiger partial charge is 0.206 e. The third-order valence-corrected chi connectivity index (χ3v) is 8.68. The number of nitrogens with zero attached hydrogens (tertiary/aromatic N) is 1. The van der Waals surface area contributed by atoms with Crippen LogP contribution < -0.4 is 4.74 Å². The van der Waals surface area contributed by atoms with Gasteiger partial charge in [0, 0.05) is 38.8 Å². The van der Waals surface area contributed by atoms with E-state index in [-0.39, 0.29) is 12.1 Å². The van der Waals surface area contributed by atoms with Gasteiger partial charge in [0.05, 0.1) is 11.0 Å². The second-order valence-corrected chi connectivity index (χ2v) is 9.77. The first-order valence-corrected chi connectivity index (χ1v) is 10.9. The minimum Gasteiger partial charge on any atom is -0.483 e. The highest BCUT2D eigenvalue weighted by Crippen LogP contribution is 2.66. The van der Waals surface area contributed by atoms with Crippen molar-refractivity contribution < 1.29 is 19.3 Å². The lowest BCUT2D eigenvalue weighted by Crippen LogP contribution is -2.79. The van der Waals surface area contributed by atoms with Gasteiger partial charge in [0.2, 0.25) is 5.79 Å². The summed E-state index contributed by atoms with van der Waals surface area (Å²) in [6, 6.07) is 4.60. The molecule has 3 fully saturated rings. The van der Waals surface area contributed by atoms with Crippen LogP contribution in [0.15, 0.2) is 12.1 Å². The molecule has 152 valence electrons. The van der Waals surface area contributed by atoms with Crippen LogP contribution in [0.2, 0.25) is 0 Å². The molecule has 1 aromatic carbocycles. The lowest BCUT2D eigenvalue weighted by molar-refractivity contribution is -0.319. The van der Waals surface area contributed by atoms with E-state index in [9.17, 15) is 5.11 Å². The van der Waals surface area contributed by atoms with Crippen molar-refractivity contribution in [2.24, 2.45) is 5.92 Å². The summed E-state index contributed by atoms with van der Waals surface area (Å²) in [6.07, 6.45) is 5.52. The van der Waals surface area contributed by atoms with Gasteiger partial charge in [0.15, 0.2) is 6.10 Å². The molecule has 0 aromatic heterocycles. The highest BCUT2D eigenvalue weighted by atomic mass is 16.7. The third-order valence-electron chi connectivity index (χ3n) is 8.68. The Balaban J connectivity index is 1.57. The first kappa shape index (κ1) is 17.7. The van der Waals surface area contributed by atoms with Gasteiger partial charge in [-0.05, 0) is 62.6 Å². The zero-order valence-electron chi connectivity index (χ0n) is 17.2. The Morgan fingerprint density at radius 1 is 1.18 bits per heavy atom. The standard InChI is InChI=1S/C23H31NO4/c1-14-4-7-16-12-17-22(25)8-9-23(26-2,27-3)20-21(22,18(16)19(14)28-20)10-11-24(17)13-15-5-6-15/h4,7,15,17,20,25H,5-6,8-13H2,1-3H3/t17-,20?,21+,22-/m1/s1. The van der Waals surface area contributed by atoms with Crippen LogP contribution in [0.3, 0.4) is 0 Å². The molecule has 0 amide bonds. The molecule has 1 N–H and O–H groups in total. The second kappa shape index (κ2) is 5.51. The van der Waals surface area contributed by atoms with Crippen LogP contribution in [0, 0.1) is 12.8 Å². The maximum Gasteiger partial charge on any atom is 0.206 e. The quantitative estimate of drug-likeness (QED) is 0.808. The largest absolute Gasteiger partial charge is 0.483 e.